The number of aliphatic hydroxyl groups excluding tert-OH is 1. The summed E-state index contributed by atoms with van der Waals surface area (Å²) in [7, 11) is 0. The topological polar surface area (TPSA) is 32.3 Å². The Bertz CT molecular complexity index is 93.6. The van der Waals surface area contributed by atoms with Gasteiger partial charge in [-0.3, -0.25) is 0 Å². The predicted octanol–water partition coefficient (Wildman–Crippen LogP) is 0.955. The van der Waals surface area contributed by atoms with Crippen molar-refractivity contribution < 1.29 is 5.11 Å². The van der Waals surface area contributed by atoms with E-state index in [1.165, 1.54) is 0 Å². The van der Waals surface area contributed by atoms with Gasteiger partial charge in [0.05, 0.1) is 6.61 Å². The van der Waals surface area contributed by atoms with E-state index in [2.05, 4.69) is 11.9 Å². The van der Waals surface area contributed by atoms with Crippen molar-refractivity contribution in [2.45, 2.75) is 19.4 Å². The molecule has 0 aromatic heterocycles. The van der Waals surface area contributed by atoms with Crippen molar-refractivity contribution in [2.24, 2.45) is 0 Å². The zero-order chi connectivity index (χ0) is 7.33. The maximum absolute atomic E-state index is 8.72. The third-order valence-corrected chi connectivity index (χ3v) is 1.12. The minimum Gasteiger partial charge on any atom is -0.394 e. The normalized spacial score (nSPS) is 10.3. The molecular formula is C7H16ClNO. The molecule has 0 radical (unpaired) electrons. The first-order chi connectivity index (χ1) is 4.12. The van der Waals surface area contributed by atoms with Gasteiger partial charge in [-0.25, -0.2) is 0 Å². The van der Waals surface area contributed by atoms with E-state index in [0.29, 0.717) is 0 Å². The molecule has 0 aromatic carbocycles. The van der Waals surface area contributed by atoms with Gasteiger partial charge in [-0.05, 0) is 13.8 Å². The average Bonchev–Trinajstić information content (AvgIpc) is 1.84. The summed E-state index contributed by atoms with van der Waals surface area (Å²) in [6.45, 7) is 8.33. The summed E-state index contributed by atoms with van der Waals surface area (Å²) in [5.41, 5.74) is -0.172. The fourth-order valence-corrected chi connectivity index (χ4v) is 0.404. The number of aliphatic hydroxyl groups is 1. The lowest BCUT2D eigenvalue weighted by atomic mass is 10.1. The molecule has 3 heteroatoms. The third kappa shape index (κ3) is 6.08. The maximum atomic E-state index is 8.72. The first kappa shape index (κ1) is 12.6. The third-order valence-electron chi connectivity index (χ3n) is 1.12. The molecule has 0 bridgehead atoms. The highest BCUT2D eigenvalue weighted by Crippen LogP contribution is 1.97. The van der Waals surface area contributed by atoms with Crippen molar-refractivity contribution in [1.82, 2.24) is 5.32 Å². The maximum Gasteiger partial charge on any atom is 0.0607 e. The zero-order valence-electron chi connectivity index (χ0n) is 6.55. The van der Waals surface area contributed by atoms with E-state index < -0.39 is 0 Å². The van der Waals surface area contributed by atoms with Crippen LogP contribution in [0, 0.1) is 0 Å². The van der Waals surface area contributed by atoms with Crippen LogP contribution in [0.15, 0.2) is 12.7 Å². The summed E-state index contributed by atoms with van der Waals surface area (Å²) in [5.74, 6) is 0. The van der Waals surface area contributed by atoms with Crippen molar-refractivity contribution in [1.29, 1.82) is 0 Å². The summed E-state index contributed by atoms with van der Waals surface area (Å²) in [5, 5.41) is 11.8. The van der Waals surface area contributed by atoms with Gasteiger partial charge in [0.25, 0.3) is 0 Å². The zero-order valence-corrected chi connectivity index (χ0v) is 7.37. The Morgan fingerprint density at radius 2 is 2.10 bits per heavy atom. The van der Waals surface area contributed by atoms with Crippen LogP contribution in [-0.2, 0) is 0 Å². The van der Waals surface area contributed by atoms with Crippen LogP contribution in [0.4, 0.5) is 0 Å². The Morgan fingerprint density at radius 1 is 1.60 bits per heavy atom. The van der Waals surface area contributed by atoms with Gasteiger partial charge in [-0.2, -0.15) is 0 Å². The molecular weight excluding hydrogens is 150 g/mol. The molecule has 0 aliphatic heterocycles. The number of nitrogens with one attached hydrogen (secondary N) is 1. The molecule has 0 spiro atoms. The van der Waals surface area contributed by atoms with Crippen molar-refractivity contribution in [2.75, 3.05) is 13.2 Å². The highest BCUT2D eigenvalue weighted by molar-refractivity contribution is 5.85. The van der Waals surface area contributed by atoms with Crippen LogP contribution in [0.5, 0.6) is 0 Å². The van der Waals surface area contributed by atoms with Crippen molar-refractivity contribution in [3.8, 4) is 0 Å². The van der Waals surface area contributed by atoms with Gasteiger partial charge in [-0.15, -0.1) is 19.0 Å². The first-order valence-electron chi connectivity index (χ1n) is 3.09. The molecule has 0 saturated carbocycles. The fourth-order valence-electron chi connectivity index (χ4n) is 0.404. The van der Waals surface area contributed by atoms with Crippen LogP contribution < -0.4 is 5.32 Å². The van der Waals surface area contributed by atoms with E-state index in [0.717, 1.165) is 6.54 Å². The Morgan fingerprint density at radius 3 is 2.40 bits per heavy atom. The Hall–Kier alpha value is -0.0500. The second-order valence-corrected chi connectivity index (χ2v) is 2.71. The molecule has 0 unspecified atom stereocenters. The SMILES string of the molecule is C=CCNC(C)(C)CO.Cl. The number of hydrogen-bond donors (Lipinski definition) is 2. The number of rotatable bonds is 4. The Balaban J connectivity index is 0. The molecule has 0 saturated heterocycles. The van der Waals surface area contributed by atoms with Crippen molar-refractivity contribution in [3.05, 3.63) is 12.7 Å². The Labute approximate surface area is 68.7 Å². The fraction of sp³-hybridized carbons (Fsp3) is 0.714. The first-order valence-corrected chi connectivity index (χ1v) is 3.09. The van der Waals surface area contributed by atoms with Gasteiger partial charge in [0.15, 0.2) is 0 Å². The van der Waals surface area contributed by atoms with Gasteiger partial charge in [0.1, 0.15) is 0 Å². The molecule has 0 fully saturated rings. The molecule has 0 aromatic rings. The summed E-state index contributed by atoms with van der Waals surface area (Å²) in [4.78, 5) is 0. The van der Waals surface area contributed by atoms with Crippen LogP contribution in [0.3, 0.4) is 0 Å². The quantitative estimate of drug-likeness (QED) is 0.609. The summed E-state index contributed by atoms with van der Waals surface area (Å²) in [6, 6.07) is 0. The van der Waals surface area contributed by atoms with E-state index in [9.17, 15) is 0 Å². The molecule has 0 atom stereocenters. The van der Waals surface area contributed by atoms with Gasteiger partial charge in [0, 0.05) is 12.1 Å². The largest absolute Gasteiger partial charge is 0.394 e. The van der Waals surface area contributed by atoms with Crippen LogP contribution >= 0.6 is 12.4 Å². The van der Waals surface area contributed by atoms with E-state index >= 15 is 0 Å². The van der Waals surface area contributed by atoms with Gasteiger partial charge >= 0.3 is 0 Å². The standard InChI is InChI=1S/C7H15NO.ClH/c1-4-5-8-7(2,3)6-9;/h4,8-9H,1,5-6H2,2-3H3;1H. The van der Waals surface area contributed by atoms with E-state index in [4.69, 9.17) is 5.11 Å². The van der Waals surface area contributed by atoms with Crippen LogP contribution in [0.1, 0.15) is 13.8 Å². The lowest BCUT2D eigenvalue weighted by Crippen LogP contribution is -2.42. The average molecular weight is 166 g/mol. The second kappa shape index (κ2) is 5.71. The highest BCUT2D eigenvalue weighted by atomic mass is 35.5. The van der Waals surface area contributed by atoms with Gasteiger partial charge in [-0.1, -0.05) is 6.08 Å². The second-order valence-electron chi connectivity index (χ2n) is 2.71. The molecule has 0 aliphatic carbocycles. The lowest BCUT2D eigenvalue weighted by Gasteiger charge is -2.22. The Kier molecular flexibility index (Phi) is 7.21. The van der Waals surface area contributed by atoms with Crippen LogP contribution in [0.25, 0.3) is 0 Å². The molecule has 0 rings (SSSR count). The van der Waals surface area contributed by atoms with Crippen LogP contribution in [-0.4, -0.2) is 23.8 Å². The van der Waals surface area contributed by atoms with Crippen molar-refractivity contribution >= 4 is 12.4 Å². The molecule has 10 heavy (non-hydrogen) atoms. The van der Waals surface area contributed by atoms with Crippen LogP contribution in [0.2, 0.25) is 0 Å². The molecule has 2 N–H and O–H groups in total. The number of halogens is 1. The smallest absolute Gasteiger partial charge is 0.0607 e. The molecule has 2 nitrogen and oxygen atoms in total. The monoisotopic (exact) mass is 165 g/mol. The summed E-state index contributed by atoms with van der Waals surface area (Å²) >= 11 is 0. The molecule has 0 aliphatic rings. The molecule has 62 valence electrons. The van der Waals surface area contributed by atoms with Gasteiger partial charge in [0.2, 0.25) is 0 Å². The predicted molar refractivity (Wildman–Crippen MR) is 46.6 cm³/mol. The number of hydrogen-bond acceptors (Lipinski definition) is 2. The van der Waals surface area contributed by atoms with E-state index in [1.807, 2.05) is 13.8 Å². The lowest BCUT2D eigenvalue weighted by molar-refractivity contribution is 0.193. The van der Waals surface area contributed by atoms with E-state index in [1.54, 1.807) is 6.08 Å². The summed E-state index contributed by atoms with van der Waals surface area (Å²) in [6.07, 6.45) is 1.78. The van der Waals surface area contributed by atoms with Gasteiger partial charge < -0.3 is 10.4 Å². The minimum atomic E-state index is -0.172. The highest BCUT2D eigenvalue weighted by Gasteiger charge is 2.12. The van der Waals surface area contributed by atoms with Crippen molar-refractivity contribution in [3.63, 3.8) is 0 Å². The van der Waals surface area contributed by atoms with E-state index in [-0.39, 0.29) is 24.6 Å². The molecule has 0 amide bonds. The molecule has 0 heterocycles. The summed E-state index contributed by atoms with van der Waals surface area (Å²) < 4.78 is 0. The minimum absolute atomic E-state index is 0.